The summed E-state index contributed by atoms with van der Waals surface area (Å²) >= 11 is 0. The fourth-order valence-electron chi connectivity index (χ4n) is 6.36. The Morgan fingerprint density at radius 3 is 1.75 bits per heavy atom. The lowest BCUT2D eigenvalue weighted by molar-refractivity contribution is -0.248. The molecule has 3 aliphatic heterocycles. The Bertz CT molecular complexity index is 1780. The topological polar surface area (TPSA) is 230 Å². The average molecular weight is 803 g/mol. The second-order valence-corrected chi connectivity index (χ2v) is 13.1. The van der Waals surface area contributed by atoms with Crippen LogP contribution in [-0.2, 0) is 80.8 Å². The second-order valence-electron chi connectivity index (χ2n) is 13.1. The molecule has 0 aliphatic carbocycles. The normalized spacial score (nSPS) is 28.5. The Morgan fingerprint density at radius 1 is 0.632 bits per heavy atom. The third kappa shape index (κ3) is 10.5. The molecule has 308 valence electrons. The van der Waals surface area contributed by atoms with Gasteiger partial charge in [0, 0.05) is 34.6 Å². The van der Waals surface area contributed by atoms with Crippen LogP contribution in [0.5, 0.6) is 0 Å². The number of hydrogen-bond acceptors (Lipinski definition) is 19. The van der Waals surface area contributed by atoms with E-state index in [-0.39, 0.29) is 11.1 Å². The van der Waals surface area contributed by atoms with Gasteiger partial charge in [0.25, 0.3) is 5.79 Å². The van der Waals surface area contributed by atoms with E-state index in [0.29, 0.717) is 0 Å². The van der Waals surface area contributed by atoms with E-state index in [1.54, 1.807) is 36.4 Å². The summed E-state index contributed by atoms with van der Waals surface area (Å²) < 4.78 is 68.2. The van der Waals surface area contributed by atoms with E-state index in [9.17, 15) is 33.6 Å². The molecular weight excluding hydrogens is 760 g/mol. The maximum absolute atomic E-state index is 13.6. The van der Waals surface area contributed by atoms with Crippen LogP contribution >= 0.6 is 0 Å². The van der Waals surface area contributed by atoms with E-state index in [2.05, 4.69) is 0 Å². The highest BCUT2D eigenvalue weighted by atomic mass is 16.9. The largest absolute Gasteiger partial charge is 0.465 e. The number of carbonyl (C=O) groups is 7. The highest BCUT2D eigenvalue weighted by Gasteiger charge is 2.63. The Balaban J connectivity index is 1.49. The predicted octanol–water partition coefficient (Wildman–Crippen LogP) is 1.57. The highest BCUT2D eigenvalue weighted by molar-refractivity contribution is 5.90. The molecule has 3 aliphatic rings. The molecule has 3 saturated heterocycles. The van der Waals surface area contributed by atoms with Crippen molar-refractivity contribution in [1.29, 1.82) is 0 Å². The van der Waals surface area contributed by atoms with Crippen LogP contribution < -0.4 is 0 Å². The van der Waals surface area contributed by atoms with Gasteiger partial charge in [0.15, 0.2) is 49.2 Å². The number of benzene rings is 2. The maximum atomic E-state index is 13.6. The summed E-state index contributed by atoms with van der Waals surface area (Å²) in [5.74, 6) is -7.82. The SMILES string of the molecule is COC(=O)C1(C)OC2OC(C(COC3OC(C(COC(C)=O)OC(C)=O)C(OC(C)=O)C3OC(C)=O)OC(=O)c3ccccc3)C(OC(=O)c3ccccc3)C2O1. The first-order valence-corrected chi connectivity index (χ1v) is 17.6. The van der Waals surface area contributed by atoms with Crippen molar-refractivity contribution < 1.29 is 90.4 Å². The molecule has 2 aromatic rings. The lowest BCUT2D eigenvalue weighted by Gasteiger charge is -2.31. The fraction of sp³-hybridized carbons (Fsp3) is 0.500. The minimum atomic E-state index is -1.97. The summed E-state index contributed by atoms with van der Waals surface area (Å²) in [7, 11) is 1.12. The van der Waals surface area contributed by atoms with Gasteiger partial charge < -0.3 is 56.8 Å². The molecule has 0 aromatic heterocycles. The van der Waals surface area contributed by atoms with E-state index < -0.39 is 122 Å². The van der Waals surface area contributed by atoms with Gasteiger partial charge in [-0.1, -0.05) is 36.4 Å². The van der Waals surface area contributed by atoms with Crippen LogP contribution in [0.2, 0.25) is 0 Å². The lowest BCUT2D eigenvalue weighted by atomic mass is 10.0. The minimum absolute atomic E-state index is 0.115. The first kappa shape index (κ1) is 42.7. The van der Waals surface area contributed by atoms with Crippen LogP contribution in [0.4, 0.5) is 0 Å². The number of fused-ring (bicyclic) bond motifs is 1. The van der Waals surface area contributed by atoms with Gasteiger partial charge in [0.05, 0.1) is 24.8 Å². The molecule has 0 radical (unpaired) electrons. The maximum Gasteiger partial charge on any atom is 0.366 e. The van der Waals surface area contributed by atoms with Crippen molar-refractivity contribution in [3.8, 4) is 0 Å². The van der Waals surface area contributed by atoms with Crippen molar-refractivity contribution in [3.05, 3.63) is 71.8 Å². The van der Waals surface area contributed by atoms with Crippen molar-refractivity contribution in [2.45, 2.75) is 102 Å². The highest BCUT2D eigenvalue weighted by Crippen LogP contribution is 2.42. The molecule has 5 rings (SSSR count). The molecule has 0 spiro atoms. The average Bonchev–Trinajstić information content (AvgIpc) is 3.79. The van der Waals surface area contributed by atoms with Crippen LogP contribution in [0.25, 0.3) is 0 Å². The van der Waals surface area contributed by atoms with Crippen molar-refractivity contribution in [3.63, 3.8) is 0 Å². The van der Waals surface area contributed by atoms with Gasteiger partial charge in [-0.3, -0.25) is 19.2 Å². The molecular formula is C38H42O19. The monoisotopic (exact) mass is 802 g/mol. The summed E-state index contributed by atoms with van der Waals surface area (Å²) in [6.45, 7) is 4.42. The molecule has 3 heterocycles. The third-order valence-corrected chi connectivity index (χ3v) is 8.72. The quantitative estimate of drug-likeness (QED) is 0.184. The third-order valence-electron chi connectivity index (χ3n) is 8.72. The second kappa shape index (κ2) is 18.6. The number of rotatable bonds is 15. The van der Waals surface area contributed by atoms with Crippen LogP contribution in [0.15, 0.2) is 60.7 Å². The lowest BCUT2D eigenvalue weighted by Crippen LogP contribution is -2.49. The summed E-state index contributed by atoms with van der Waals surface area (Å²) in [5, 5.41) is 0. The van der Waals surface area contributed by atoms with Gasteiger partial charge >= 0.3 is 41.8 Å². The number of hydrogen-bond donors (Lipinski definition) is 0. The number of ether oxygens (including phenoxy) is 12. The van der Waals surface area contributed by atoms with Crippen LogP contribution in [-0.4, -0.2) is 129 Å². The van der Waals surface area contributed by atoms with Crippen LogP contribution in [0.3, 0.4) is 0 Å². The van der Waals surface area contributed by atoms with E-state index in [1.165, 1.54) is 31.2 Å². The molecule has 2 aromatic carbocycles. The zero-order chi connectivity index (χ0) is 41.4. The molecule has 19 nitrogen and oxygen atoms in total. The smallest absolute Gasteiger partial charge is 0.366 e. The van der Waals surface area contributed by atoms with Crippen molar-refractivity contribution >= 4 is 41.8 Å². The molecule has 0 amide bonds. The molecule has 19 heteroatoms. The van der Waals surface area contributed by atoms with Gasteiger partial charge in [-0.2, -0.15) is 0 Å². The molecule has 0 bridgehead atoms. The number of methoxy groups -OCH3 is 1. The van der Waals surface area contributed by atoms with E-state index in [1.807, 2.05) is 0 Å². The fourth-order valence-corrected chi connectivity index (χ4v) is 6.36. The Hall–Kier alpha value is -5.47. The summed E-state index contributed by atoms with van der Waals surface area (Å²) in [6, 6.07) is 15.7. The summed E-state index contributed by atoms with van der Waals surface area (Å²) in [4.78, 5) is 88.1. The molecule has 11 unspecified atom stereocenters. The zero-order valence-corrected chi connectivity index (χ0v) is 31.7. The summed E-state index contributed by atoms with van der Waals surface area (Å²) in [6.07, 6.45) is -14.5. The first-order chi connectivity index (χ1) is 27.1. The van der Waals surface area contributed by atoms with Crippen molar-refractivity contribution in [2.24, 2.45) is 0 Å². The first-order valence-electron chi connectivity index (χ1n) is 17.6. The van der Waals surface area contributed by atoms with Gasteiger partial charge in [-0.25, -0.2) is 14.4 Å². The molecule has 0 N–H and O–H groups in total. The standard InChI is InChI=1S/C38H42O19/c1-19(39)47-17-25(49-20(2)40)27-29(50-21(3)41)31(51-22(4)42)35(54-27)48-18-26(52-33(43)23-13-9-7-10-14-23)28-30(53-34(44)24-15-11-8-12-16-24)32-36(55-28)57-38(5,56-32)37(45)46-6/h7-16,25-32,35-36H,17-18H2,1-6H3. The molecule has 3 fully saturated rings. The molecule has 57 heavy (non-hydrogen) atoms. The van der Waals surface area contributed by atoms with E-state index in [4.69, 9.17) is 56.8 Å². The number of esters is 7. The summed E-state index contributed by atoms with van der Waals surface area (Å²) in [5.41, 5.74) is 0.259. The van der Waals surface area contributed by atoms with Gasteiger partial charge in [-0.15, -0.1) is 0 Å². The predicted molar refractivity (Wildman–Crippen MR) is 184 cm³/mol. The van der Waals surface area contributed by atoms with Crippen LogP contribution in [0.1, 0.15) is 55.3 Å². The Morgan fingerprint density at radius 2 is 1.19 bits per heavy atom. The van der Waals surface area contributed by atoms with Crippen LogP contribution in [0, 0.1) is 0 Å². The number of carbonyl (C=O) groups excluding carboxylic acids is 7. The van der Waals surface area contributed by atoms with Gasteiger partial charge in [0.1, 0.15) is 18.8 Å². The van der Waals surface area contributed by atoms with E-state index in [0.717, 1.165) is 34.8 Å². The Labute approximate surface area is 325 Å². The van der Waals surface area contributed by atoms with Crippen molar-refractivity contribution in [2.75, 3.05) is 20.3 Å². The Kier molecular flexibility index (Phi) is 14.0. The minimum Gasteiger partial charge on any atom is -0.465 e. The zero-order valence-electron chi connectivity index (χ0n) is 31.7. The molecule has 0 saturated carbocycles. The van der Waals surface area contributed by atoms with E-state index >= 15 is 0 Å². The van der Waals surface area contributed by atoms with Crippen molar-refractivity contribution in [1.82, 2.24) is 0 Å². The molecule has 11 atom stereocenters. The van der Waals surface area contributed by atoms with Gasteiger partial charge in [0.2, 0.25) is 0 Å². The van der Waals surface area contributed by atoms with Gasteiger partial charge in [-0.05, 0) is 24.3 Å².